The van der Waals surface area contributed by atoms with E-state index in [1.165, 1.54) is 11.8 Å². The van der Waals surface area contributed by atoms with Crippen LogP contribution >= 0.6 is 11.8 Å². The summed E-state index contributed by atoms with van der Waals surface area (Å²) in [5.74, 6) is 2.38. The molecule has 2 heterocycles. The van der Waals surface area contributed by atoms with E-state index in [1.54, 1.807) is 0 Å². The van der Waals surface area contributed by atoms with Gasteiger partial charge in [0.05, 0.1) is 19.0 Å². The highest BCUT2D eigenvalue weighted by Gasteiger charge is 2.15. The molecule has 1 aromatic heterocycles. The summed E-state index contributed by atoms with van der Waals surface area (Å²) in [6, 6.07) is 5.72. The van der Waals surface area contributed by atoms with Crippen LogP contribution in [-0.2, 0) is 11.3 Å². The van der Waals surface area contributed by atoms with Crippen LogP contribution < -0.4 is 14.8 Å². The number of H-pyrrole nitrogens is 1. The van der Waals surface area contributed by atoms with Crippen molar-refractivity contribution in [1.82, 2.24) is 20.5 Å². The molecule has 1 aliphatic rings. The minimum atomic E-state index is -0.0791. The predicted molar refractivity (Wildman–Crippen MR) is 85.7 cm³/mol. The van der Waals surface area contributed by atoms with Crippen LogP contribution in [0.3, 0.4) is 0 Å². The van der Waals surface area contributed by atoms with E-state index >= 15 is 0 Å². The lowest BCUT2D eigenvalue weighted by atomic mass is 10.2. The van der Waals surface area contributed by atoms with Gasteiger partial charge in [0.15, 0.2) is 11.5 Å². The Labute approximate surface area is 138 Å². The maximum atomic E-state index is 12.0. The van der Waals surface area contributed by atoms with Crippen molar-refractivity contribution >= 4 is 17.7 Å². The Bertz CT molecular complexity index is 689. The SMILES string of the molecule is Cc1nc(SCC(=O)NCc2cccc3c2OCCCO3)n[nH]1. The number of ether oxygens (including phenoxy) is 2. The highest BCUT2D eigenvalue weighted by Crippen LogP contribution is 2.33. The number of amides is 1. The first kappa shape index (κ1) is 15.7. The second-order valence-corrected chi connectivity index (χ2v) is 6.01. The topological polar surface area (TPSA) is 89.1 Å². The van der Waals surface area contributed by atoms with Crippen molar-refractivity contribution in [1.29, 1.82) is 0 Å². The van der Waals surface area contributed by atoms with Crippen LogP contribution in [0.5, 0.6) is 11.5 Å². The summed E-state index contributed by atoms with van der Waals surface area (Å²) < 4.78 is 11.4. The minimum absolute atomic E-state index is 0.0791. The number of aryl methyl sites for hydroxylation is 1. The quantitative estimate of drug-likeness (QED) is 0.809. The Hall–Kier alpha value is -2.22. The average molecular weight is 334 g/mol. The zero-order valence-electron chi connectivity index (χ0n) is 12.8. The lowest BCUT2D eigenvalue weighted by Crippen LogP contribution is -2.25. The first-order valence-corrected chi connectivity index (χ1v) is 8.37. The van der Waals surface area contributed by atoms with Gasteiger partial charge < -0.3 is 14.8 Å². The number of benzene rings is 1. The van der Waals surface area contributed by atoms with Gasteiger partial charge in [-0.05, 0) is 13.0 Å². The molecule has 0 fully saturated rings. The fourth-order valence-corrected chi connectivity index (χ4v) is 2.83. The van der Waals surface area contributed by atoms with E-state index in [2.05, 4.69) is 20.5 Å². The molecule has 0 spiro atoms. The largest absolute Gasteiger partial charge is 0.490 e. The molecule has 2 aromatic rings. The maximum Gasteiger partial charge on any atom is 0.230 e. The summed E-state index contributed by atoms with van der Waals surface area (Å²) >= 11 is 1.30. The molecule has 23 heavy (non-hydrogen) atoms. The molecule has 1 aromatic carbocycles. The molecule has 0 saturated heterocycles. The van der Waals surface area contributed by atoms with Crippen LogP contribution in [0.1, 0.15) is 17.8 Å². The van der Waals surface area contributed by atoms with Crippen molar-refractivity contribution in [3.05, 3.63) is 29.6 Å². The number of fused-ring (bicyclic) bond motifs is 1. The van der Waals surface area contributed by atoms with E-state index in [0.29, 0.717) is 24.9 Å². The fraction of sp³-hybridized carbons (Fsp3) is 0.400. The first-order chi connectivity index (χ1) is 11.2. The normalized spacial score (nSPS) is 13.4. The maximum absolute atomic E-state index is 12.0. The Morgan fingerprint density at radius 3 is 3.09 bits per heavy atom. The molecular formula is C15H18N4O3S. The highest BCUT2D eigenvalue weighted by molar-refractivity contribution is 7.99. The van der Waals surface area contributed by atoms with Crippen molar-refractivity contribution < 1.29 is 14.3 Å². The van der Waals surface area contributed by atoms with E-state index < -0.39 is 0 Å². The number of thioether (sulfide) groups is 1. The first-order valence-electron chi connectivity index (χ1n) is 7.38. The van der Waals surface area contributed by atoms with Gasteiger partial charge in [0.1, 0.15) is 5.82 Å². The van der Waals surface area contributed by atoms with Crippen LogP contribution in [0.4, 0.5) is 0 Å². The average Bonchev–Trinajstić information content (AvgIpc) is 2.82. The third kappa shape index (κ3) is 4.16. The Balaban J connectivity index is 1.54. The Morgan fingerprint density at radius 1 is 1.39 bits per heavy atom. The predicted octanol–water partition coefficient (Wildman–Crippen LogP) is 1.68. The molecule has 0 aliphatic carbocycles. The second-order valence-electron chi connectivity index (χ2n) is 5.06. The number of aromatic amines is 1. The van der Waals surface area contributed by atoms with Crippen LogP contribution in [0.25, 0.3) is 0 Å². The summed E-state index contributed by atoms with van der Waals surface area (Å²) in [7, 11) is 0. The lowest BCUT2D eigenvalue weighted by Gasteiger charge is -2.12. The van der Waals surface area contributed by atoms with Gasteiger partial charge in [-0.1, -0.05) is 23.9 Å². The third-order valence-corrected chi connectivity index (χ3v) is 4.09. The third-order valence-electron chi connectivity index (χ3n) is 3.24. The van der Waals surface area contributed by atoms with Gasteiger partial charge in [0, 0.05) is 18.5 Å². The number of carbonyl (C=O) groups is 1. The van der Waals surface area contributed by atoms with Crippen molar-refractivity contribution in [3.8, 4) is 11.5 Å². The molecule has 1 amide bonds. The number of nitrogens with one attached hydrogen (secondary N) is 2. The van der Waals surface area contributed by atoms with E-state index in [1.807, 2.05) is 25.1 Å². The molecule has 2 N–H and O–H groups in total. The van der Waals surface area contributed by atoms with Crippen LogP contribution in [0, 0.1) is 6.92 Å². The Morgan fingerprint density at radius 2 is 2.26 bits per heavy atom. The number of hydrogen-bond donors (Lipinski definition) is 2. The van der Waals surface area contributed by atoms with Gasteiger partial charge in [-0.3, -0.25) is 9.89 Å². The van der Waals surface area contributed by atoms with Gasteiger partial charge in [0.2, 0.25) is 11.1 Å². The number of carbonyl (C=O) groups excluding carboxylic acids is 1. The van der Waals surface area contributed by atoms with Crippen LogP contribution in [0.2, 0.25) is 0 Å². The number of para-hydroxylation sites is 1. The van der Waals surface area contributed by atoms with E-state index in [4.69, 9.17) is 9.47 Å². The van der Waals surface area contributed by atoms with Gasteiger partial charge in [-0.15, -0.1) is 5.10 Å². The van der Waals surface area contributed by atoms with Gasteiger partial charge in [-0.2, -0.15) is 0 Å². The molecule has 8 heteroatoms. The molecule has 3 rings (SSSR count). The lowest BCUT2D eigenvalue weighted by molar-refractivity contribution is -0.118. The zero-order valence-corrected chi connectivity index (χ0v) is 13.6. The molecule has 1 aliphatic heterocycles. The number of rotatable bonds is 5. The number of nitrogens with zero attached hydrogens (tertiary/aromatic N) is 2. The summed E-state index contributed by atoms with van der Waals surface area (Å²) in [5.41, 5.74) is 0.913. The monoisotopic (exact) mass is 334 g/mol. The fourth-order valence-electron chi connectivity index (χ4n) is 2.15. The van der Waals surface area contributed by atoms with Gasteiger partial charge in [0.25, 0.3) is 0 Å². The van der Waals surface area contributed by atoms with E-state index in [9.17, 15) is 4.79 Å². The minimum Gasteiger partial charge on any atom is -0.490 e. The molecule has 0 radical (unpaired) electrons. The van der Waals surface area contributed by atoms with Crippen LogP contribution in [-0.4, -0.2) is 40.1 Å². The van der Waals surface area contributed by atoms with Crippen molar-refractivity contribution in [2.75, 3.05) is 19.0 Å². The highest BCUT2D eigenvalue weighted by atomic mass is 32.2. The Kier molecular flexibility index (Phi) is 5.02. The molecule has 0 saturated carbocycles. The number of aromatic nitrogens is 3. The molecule has 0 atom stereocenters. The second kappa shape index (κ2) is 7.36. The zero-order chi connectivity index (χ0) is 16.1. The molecular weight excluding hydrogens is 316 g/mol. The molecule has 7 nitrogen and oxygen atoms in total. The van der Waals surface area contributed by atoms with Crippen molar-refractivity contribution in [2.45, 2.75) is 25.0 Å². The molecule has 0 unspecified atom stereocenters. The smallest absolute Gasteiger partial charge is 0.230 e. The molecule has 122 valence electrons. The van der Waals surface area contributed by atoms with E-state index in [0.717, 1.165) is 29.3 Å². The standard InChI is InChI=1S/C15H18N4O3S/c1-10-17-15(19-18-10)23-9-13(20)16-8-11-4-2-5-12-14(11)22-7-3-6-21-12/h2,4-5H,3,6-9H2,1H3,(H,16,20)(H,17,18,19). The summed E-state index contributed by atoms with van der Waals surface area (Å²) in [5, 5.41) is 10.2. The summed E-state index contributed by atoms with van der Waals surface area (Å²) in [6.07, 6.45) is 0.854. The van der Waals surface area contributed by atoms with E-state index in [-0.39, 0.29) is 11.7 Å². The summed E-state index contributed by atoms with van der Waals surface area (Å²) in [4.78, 5) is 16.1. The van der Waals surface area contributed by atoms with Crippen molar-refractivity contribution in [3.63, 3.8) is 0 Å². The summed E-state index contributed by atoms with van der Waals surface area (Å²) in [6.45, 7) is 3.49. The van der Waals surface area contributed by atoms with Gasteiger partial charge >= 0.3 is 0 Å². The molecule has 0 bridgehead atoms. The number of hydrogen-bond acceptors (Lipinski definition) is 6. The van der Waals surface area contributed by atoms with Crippen LogP contribution in [0.15, 0.2) is 23.4 Å². The van der Waals surface area contributed by atoms with Crippen molar-refractivity contribution in [2.24, 2.45) is 0 Å². The van der Waals surface area contributed by atoms with Gasteiger partial charge in [-0.25, -0.2) is 4.98 Å².